The van der Waals surface area contributed by atoms with Gasteiger partial charge in [-0.25, -0.2) is 27.2 Å². The summed E-state index contributed by atoms with van der Waals surface area (Å²) >= 11 is 6.55. The van der Waals surface area contributed by atoms with Gasteiger partial charge < -0.3 is 15.8 Å². The minimum Gasteiger partial charge on any atom is -0.480 e. The van der Waals surface area contributed by atoms with Crippen molar-refractivity contribution in [3.63, 3.8) is 0 Å². The third-order valence-corrected chi connectivity index (χ3v) is 9.58. The third kappa shape index (κ3) is 6.31. The molecular formula is C33H28ClF2N5O4S. The zero-order valence-corrected chi connectivity index (χ0v) is 26.1. The maximum atomic E-state index is 14.3. The molecule has 13 heteroatoms. The molecule has 3 aromatic carbocycles. The fourth-order valence-electron chi connectivity index (χ4n) is 5.54. The van der Waals surface area contributed by atoms with Crippen LogP contribution >= 0.6 is 11.6 Å². The maximum Gasteiger partial charge on any atom is 0.264 e. The molecule has 5 aromatic rings. The molecule has 0 spiro atoms. The average Bonchev–Trinajstić information content (AvgIpc) is 3.53. The van der Waals surface area contributed by atoms with Gasteiger partial charge in [0.25, 0.3) is 15.9 Å². The minimum absolute atomic E-state index is 0.0494. The quantitative estimate of drug-likeness (QED) is 0.163. The minimum atomic E-state index is -4.46. The highest BCUT2D eigenvalue weighted by Gasteiger charge is 2.23. The van der Waals surface area contributed by atoms with Gasteiger partial charge >= 0.3 is 0 Å². The Labute approximate surface area is 268 Å². The second-order valence-electron chi connectivity index (χ2n) is 10.9. The number of aromatic nitrogens is 2. The van der Waals surface area contributed by atoms with E-state index in [0.717, 1.165) is 37.8 Å². The van der Waals surface area contributed by atoms with Crippen LogP contribution in [0.3, 0.4) is 0 Å². The normalized spacial score (nSPS) is 13.6. The number of nitrogens with one attached hydrogen (secondary N) is 2. The Morgan fingerprint density at radius 2 is 1.74 bits per heavy atom. The lowest BCUT2D eigenvalue weighted by Gasteiger charge is -2.14. The number of hydrogen-bond donors (Lipinski definition) is 3. The molecule has 0 radical (unpaired) electrons. The van der Waals surface area contributed by atoms with Crippen LogP contribution in [0.5, 0.6) is 5.88 Å². The van der Waals surface area contributed by atoms with E-state index in [9.17, 15) is 22.0 Å². The van der Waals surface area contributed by atoms with Gasteiger partial charge in [0.2, 0.25) is 5.88 Å². The van der Waals surface area contributed by atoms with E-state index in [-0.39, 0.29) is 29.3 Å². The van der Waals surface area contributed by atoms with Crippen LogP contribution in [0.2, 0.25) is 5.02 Å². The summed E-state index contributed by atoms with van der Waals surface area (Å²) in [5, 5.41) is 4.05. The molecule has 1 aliphatic rings. The zero-order chi connectivity index (χ0) is 32.6. The molecule has 1 aliphatic carbocycles. The second kappa shape index (κ2) is 12.5. The first-order valence-electron chi connectivity index (χ1n) is 14.4. The number of anilines is 2. The van der Waals surface area contributed by atoms with Gasteiger partial charge in [0, 0.05) is 34.8 Å². The molecule has 46 heavy (non-hydrogen) atoms. The summed E-state index contributed by atoms with van der Waals surface area (Å²) in [4.78, 5) is 20.9. The molecule has 0 unspecified atom stereocenters. The van der Waals surface area contributed by atoms with Gasteiger partial charge in [-0.2, -0.15) is 0 Å². The van der Waals surface area contributed by atoms with E-state index in [2.05, 4.69) is 20.0 Å². The van der Waals surface area contributed by atoms with Gasteiger partial charge in [-0.05, 0) is 72.5 Å². The fourth-order valence-corrected chi connectivity index (χ4v) is 6.92. The van der Waals surface area contributed by atoms with E-state index in [0.29, 0.717) is 49.8 Å². The lowest BCUT2D eigenvalue weighted by atomic mass is 10.00. The summed E-state index contributed by atoms with van der Waals surface area (Å²) in [6, 6.07) is 16.2. The Kier molecular flexibility index (Phi) is 8.49. The molecule has 6 rings (SSSR count). The largest absolute Gasteiger partial charge is 0.480 e. The molecule has 2 heterocycles. The van der Waals surface area contributed by atoms with Crippen LogP contribution in [0, 0.1) is 11.6 Å². The van der Waals surface area contributed by atoms with Crippen molar-refractivity contribution in [2.24, 2.45) is 0 Å². The van der Waals surface area contributed by atoms with Crippen LogP contribution in [0.25, 0.3) is 33.2 Å². The summed E-state index contributed by atoms with van der Waals surface area (Å²) < 4.78 is 61.2. The van der Waals surface area contributed by atoms with Crippen molar-refractivity contribution in [3.8, 4) is 28.1 Å². The van der Waals surface area contributed by atoms with E-state index in [1.807, 2.05) is 12.1 Å². The Bertz CT molecular complexity index is 2110. The molecule has 0 bridgehead atoms. The van der Waals surface area contributed by atoms with Crippen LogP contribution in [0.15, 0.2) is 77.8 Å². The number of halogens is 3. The molecule has 1 saturated carbocycles. The van der Waals surface area contributed by atoms with Crippen molar-refractivity contribution in [2.75, 3.05) is 17.6 Å². The van der Waals surface area contributed by atoms with Crippen LogP contribution in [-0.4, -0.2) is 37.4 Å². The Morgan fingerprint density at radius 1 is 0.978 bits per heavy atom. The van der Waals surface area contributed by atoms with Crippen molar-refractivity contribution >= 4 is 49.9 Å². The van der Waals surface area contributed by atoms with Crippen LogP contribution in [0.1, 0.15) is 36.0 Å². The van der Waals surface area contributed by atoms with Gasteiger partial charge in [0.15, 0.2) is 0 Å². The smallest absolute Gasteiger partial charge is 0.264 e. The topological polar surface area (TPSA) is 136 Å². The van der Waals surface area contributed by atoms with Gasteiger partial charge in [-0.15, -0.1) is 0 Å². The number of methoxy groups -OCH3 is 1. The number of nitrogens with two attached hydrogens (primary N) is 1. The molecule has 0 atom stereocenters. The number of benzene rings is 3. The third-order valence-electron chi connectivity index (χ3n) is 7.86. The fraction of sp³-hybridized carbons (Fsp3) is 0.182. The number of rotatable bonds is 8. The predicted octanol–water partition coefficient (Wildman–Crippen LogP) is 6.96. The summed E-state index contributed by atoms with van der Waals surface area (Å²) in [6.45, 7) is 0. The van der Waals surface area contributed by atoms with Crippen LogP contribution in [0.4, 0.5) is 20.3 Å². The number of fused-ring (bicyclic) bond motifs is 1. The number of hydrogen-bond acceptors (Lipinski definition) is 7. The number of pyridine rings is 2. The van der Waals surface area contributed by atoms with Crippen molar-refractivity contribution in [2.45, 2.75) is 36.6 Å². The predicted molar refractivity (Wildman–Crippen MR) is 173 cm³/mol. The molecule has 9 nitrogen and oxygen atoms in total. The van der Waals surface area contributed by atoms with E-state index in [1.54, 1.807) is 30.3 Å². The molecule has 4 N–H and O–H groups in total. The zero-order valence-electron chi connectivity index (χ0n) is 24.5. The Hall–Kier alpha value is -4.81. The highest BCUT2D eigenvalue weighted by atomic mass is 35.5. The average molecular weight is 664 g/mol. The first kappa shape index (κ1) is 31.2. The van der Waals surface area contributed by atoms with Gasteiger partial charge in [-0.3, -0.25) is 9.52 Å². The highest BCUT2D eigenvalue weighted by Crippen LogP contribution is 2.35. The maximum absolute atomic E-state index is 14.3. The molecule has 1 amide bonds. The number of carbonyl (C=O) groups is 1. The number of sulfonamides is 1. The number of ether oxygens (including phenoxy) is 1. The molecule has 2 aromatic heterocycles. The van der Waals surface area contributed by atoms with Gasteiger partial charge in [0.1, 0.15) is 28.0 Å². The highest BCUT2D eigenvalue weighted by molar-refractivity contribution is 7.92. The van der Waals surface area contributed by atoms with Crippen molar-refractivity contribution in [1.82, 2.24) is 15.3 Å². The molecular weight excluding hydrogens is 636 g/mol. The standard InChI is InChI=1S/C33H28ClF2N5O4S/c1-45-33-29(41-46(43,44)30-11-8-22(35)16-27(30)36)15-21(17-38-33)18-7-10-28-20(12-18)13-25(31(37)40-28)19-6-9-24(26(34)14-19)32(42)39-23-4-2-3-5-23/h6-17,23,41H,2-5H2,1H3,(H2,37,40)(H,39,42). The Balaban J connectivity index is 1.32. The van der Waals surface area contributed by atoms with E-state index >= 15 is 0 Å². The van der Waals surface area contributed by atoms with Gasteiger partial charge in [0.05, 0.1) is 23.2 Å². The monoisotopic (exact) mass is 663 g/mol. The molecule has 1 fully saturated rings. The van der Waals surface area contributed by atoms with Gasteiger partial charge in [-0.1, -0.05) is 36.6 Å². The van der Waals surface area contributed by atoms with E-state index < -0.39 is 26.6 Å². The first-order chi connectivity index (χ1) is 22.0. The van der Waals surface area contributed by atoms with Crippen molar-refractivity contribution < 1.29 is 26.7 Å². The summed E-state index contributed by atoms with van der Waals surface area (Å²) in [5.74, 6) is -2.14. The first-order valence-corrected chi connectivity index (χ1v) is 16.2. The van der Waals surface area contributed by atoms with E-state index in [4.69, 9.17) is 22.1 Å². The lowest BCUT2D eigenvalue weighted by Crippen LogP contribution is -2.32. The lowest BCUT2D eigenvalue weighted by molar-refractivity contribution is 0.0938. The van der Waals surface area contributed by atoms with E-state index in [1.165, 1.54) is 19.4 Å². The number of nitrogens with zero attached hydrogens (tertiary/aromatic N) is 2. The summed E-state index contributed by atoms with van der Waals surface area (Å²) in [7, 11) is -3.15. The summed E-state index contributed by atoms with van der Waals surface area (Å²) in [6.07, 6.45) is 5.62. The summed E-state index contributed by atoms with van der Waals surface area (Å²) in [5.41, 5.74) is 9.73. The SMILES string of the molecule is COc1ncc(-c2ccc3nc(N)c(-c4ccc(C(=O)NC5CCCC5)c(Cl)c4)cc3c2)cc1NS(=O)(=O)c1ccc(F)cc1F. The Morgan fingerprint density at radius 3 is 2.46 bits per heavy atom. The molecule has 0 aliphatic heterocycles. The van der Waals surface area contributed by atoms with Crippen LogP contribution < -0.4 is 20.5 Å². The second-order valence-corrected chi connectivity index (χ2v) is 13.0. The number of nitrogen functional groups attached to an aromatic ring is 1. The molecule has 0 saturated heterocycles. The van der Waals surface area contributed by atoms with Crippen molar-refractivity contribution in [3.05, 3.63) is 95.1 Å². The number of amides is 1. The van der Waals surface area contributed by atoms with Crippen molar-refractivity contribution in [1.29, 1.82) is 0 Å². The van der Waals surface area contributed by atoms with Crippen LogP contribution in [-0.2, 0) is 10.0 Å². The number of carbonyl (C=O) groups excluding carboxylic acids is 1. The molecule has 236 valence electrons.